The highest BCUT2D eigenvalue weighted by molar-refractivity contribution is 5.81. The first-order valence-corrected chi connectivity index (χ1v) is 4.99. The molecule has 0 aromatic carbocycles. The number of amides is 1. The number of carbonyl (C=O) groups is 1. The van der Waals surface area contributed by atoms with Crippen LogP contribution < -0.4 is 0 Å². The fourth-order valence-corrected chi connectivity index (χ4v) is 1.20. The van der Waals surface area contributed by atoms with Crippen molar-refractivity contribution >= 4 is 5.91 Å². The van der Waals surface area contributed by atoms with Crippen LogP contribution in [0.2, 0.25) is 0 Å². The molecular formula is C10H18N2O3. The summed E-state index contributed by atoms with van der Waals surface area (Å²) in [7, 11) is 1.54. The summed E-state index contributed by atoms with van der Waals surface area (Å²) < 4.78 is 4.86. The molecule has 0 saturated heterocycles. The zero-order valence-electron chi connectivity index (χ0n) is 9.27. The second kappa shape index (κ2) is 8.21. The summed E-state index contributed by atoms with van der Waals surface area (Å²) in [5, 5.41) is 17.5. The Morgan fingerprint density at radius 1 is 1.60 bits per heavy atom. The second-order valence-corrected chi connectivity index (χ2v) is 3.13. The number of aliphatic hydroxyl groups excluding tert-OH is 1. The minimum Gasteiger partial charge on any atom is -0.395 e. The first kappa shape index (κ1) is 13.9. The lowest BCUT2D eigenvalue weighted by Crippen LogP contribution is -2.39. The minimum atomic E-state index is -0.617. The predicted molar refractivity (Wildman–Crippen MR) is 54.9 cm³/mol. The highest BCUT2D eigenvalue weighted by atomic mass is 16.5. The summed E-state index contributed by atoms with van der Waals surface area (Å²) >= 11 is 0. The van der Waals surface area contributed by atoms with Crippen molar-refractivity contribution in [1.29, 1.82) is 5.26 Å². The predicted octanol–water partition coefficient (Wildman–Crippen LogP) is 0.00348. The molecule has 0 spiro atoms. The fourth-order valence-electron chi connectivity index (χ4n) is 1.20. The molecule has 0 aromatic heterocycles. The van der Waals surface area contributed by atoms with Gasteiger partial charge in [0.25, 0.3) is 0 Å². The van der Waals surface area contributed by atoms with E-state index in [9.17, 15) is 4.79 Å². The van der Waals surface area contributed by atoms with Gasteiger partial charge in [0.2, 0.25) is 5.91 Å². The van der Waals surface area contributed by atoms with Crippen molar-refractivity contribution in [3.05, 3.63) is 0 Å². The van der Waals surface area contributed by atoms with E-state index in [0.717, 1.165) is 0 Å². The number of ether oxygens (including phenoxy) is 1. The lowest BCUT2D eigenvalue weighted by Gasteiger charge is -2.23. The van der Waals surface area contributed by atoms with Gasteiger partial charge in [-0.05, 0) is 6.42 Å². The standard InChI is InChI=1S/C10H18N2O3/c1-3-9(8-11)10(14)12(4-6-13)5-7-15-2/h9,13H,3-7H2,1-2H3. The number of rotatable bonds is 7. The van der Waals surface area contributed by atoms with Gasteiger partial charge in [-0.1, -0.05) is 6.92 Å². The SMILES string of the molecule is CCC(C#N)C(=O)N(CCO)CCOC. The average Bonchev–Trinajstić information content (AvgIpc) is 2.25. The fraction of sp³-hybridized carbons (Fsp3) is 0.800. The summed E-state index contributed by atoms with van der Waals surface area (Å²) in [6, 6.07) is 1.95. The normalized spacial score (nSPS) is 11.9. The lowest BCUT2D eigenvalue weighted by atomic mass is 10.1. The Morgan fingerprint density at radius 3 is 2.67 bits per heavy atom. The summed E-state index contributed by atoms with van der Waals surface area (Å²) in [5.74, 6) is -0.848. The van der Waals surface area contributed by atoms with Crippen molar-refractivity contribution in [1.82, 2.24) is 4.90 Å². The van der Waals surface area contributed by atoms with Gasteiger partial charge in [-0.3, -0.25) is 4.79 Å². The smallest absolute Gasteiger partial charge is 0.240 e. The Hall–Kier alpha value is -1.12. The van der Waals surface area contributed by atoms with Crippen LogP contribution in [0.5, 0.6) is 0 Å². The van der Waals surface area contributed by atoms with Crippen molar-refractivity contribution in [2.75, 3.05) is 33.4 Å². The van der Waals surface area contributed by atoms with Gasteiger partial charge in [-0.25, -0.2) is 0 Å². The van der Waals surface area contributed by atoms with E-state index in [2.05, 4.69) is 0 Å². The van der Waals surface area contributed by atoms with Crippen molar-refractivity contribution in [2.24, 2.45) is 5.92 Å². The quantitative estimate of drug-likeness (QED) is 0.647. The van der Waals surface area contributed by atoms with E-state index in [1.54, 1.807) is 14.0 Å². The number of hydrogen-bond acceptors (Lipinski definition) is 4. The van der Waals surface area contributed by atoms with Crippen LogP contribution in [0.3, 0.4) is 0 Å². The molecule has 0 rings (SSSR count). The van der Waals surface area contributed by atoms with Crippen LogP contribution in [0.4, 0.5) is 0 Å². The third kappa shape index (κ3) is 4.77. The number of methoxy groups -OCH3 is 1. The summed E-state index contributed by atoms with van der Waals surface area (Å²) in [6.07, 6.45) is 0.490. The van der Waals surface area contributed by atoms with Gasteiger partial charge >= 0.3 is 0 Å². The maximum Gasteiger partial charge on any atom is 0.240 e. The molecule has 1 atom stereocenters. The van der Waals surface area contributed by atoms with Gasteiger partial charge in [0.1, 0.15) is 5.92 Å². The molecule has 1 N–H and O–H groups in total. The highest BCUT2D eigenvalue weighted by Gasteiger charge is 2.21. The molecule has 0 heterocycles. The van der Waals surface area contributed by atoms with E-state index in [0.29, 0.717) is 19.6 Å². The third-order valence-electron chi connectivity index (χ3n) is 2.11. The van der Waals surface area contributed by atoms with Crippen LogP contribution in [0, 0.1) is 17.2 Å². The molecule has 15 heavy (non-hydrogen) atoms. The number of nitrogens with zero attached hydrogens (tertiary/aromatic N) is 2. The number of aliphatic hydroxyl groups is 1. The van der Waals surface area contributed by atoms with Gasteiger partial charge < -0.3 is 14.7 Å². The van der Waals surface area contributed by atoms with Crippen LogP contribution >= 0.6 is 0 Å². The summed E-state index contributed by atoms with van der Waals surface area (Å²) in [6.45, 7) is 2.76. The Kier molecular flexibility index (Phi) is 7.60. The number of nitriles is 1. The van der Waals surface area contributed by atoms with Gasteiger partial charge in [-0.2, -0.15) is 5.26 Å². The van der Waals surface area contributed by atoms with E-state index in [1.165, 1.54) is 4.90 Å². The molecule has 1 unspecified atom stereocenters. The number of hydrogen-bond donors (Lipinski definition) is 1. The Morgan fingerprint density at radius 2 is 2.27 bits per heavy atom. The van der Waals surface area contributed by atoms with Gasteiger partial charge in [0.05, 0.1) is 19.3 Å². The van der Waals surface area contributed by atoms with E-state index < -0.39 is 5.92 Å². The molecule has 0 fully saturated rings. The van der Waals surface area contributed by atoms with Crippen molar-refractivity contribution in [3.63, 3.8) is 0 Å². The largest absolute Gasteiger partial charge is 0.395 e. The first-order valence-electron chi connectivity index (χ1n) is 4.99. The van der Waals surface area contributed by atoms with Crippen molar-refractivity contribution in [2.45, 2.75) is 13.3 Å². The molecule has 0 aliphatic rings. The molecule has 0 aliphatic heterocycles. The Bertz CT molecular complexity index is 225. The van der Waals surface area contributed by atoms with Crippen LogP contribution in [-0.4, -0.2) is 49.3 Å². The van der Waals surface area contributed by atoms with Crippen molar-refractivity contribution in [3.8, 4) is 6.07 Å². The number of carbonyl (C=O) groups excluding carboxylic acids is 1. The van der Waals surface area contributed by atoms with Crippen LogP contribution in [0.1, 0.15) is 13.3 Å². The molecular weight excluding hydrogens is 196 g/mol. The monoisotopic (exact) mass is 214 g/mol. The van der Waals surface area contributed by atoms with Gasteiger partial charge in [0, 0.05) is 20.2 Å². The highest BCUT2D eigenvalue weighted by Crippen LogP contribution is 2.06. The second-order valence-electron chi connectivity index (χ2n) is 3.13. The molecule has 0 radical (unpaired) electrons. The average molecular weight is 214 g/mol. The summed E-state index contributed by atoms with van der Waals surface area (Å²) in [5.41, 5.74) is 0. The van der Waals surface area contributed by atoms with Gasteiger partial charge in [0.15, 0.2) is 0 Å². The van der Waals surface area contributed by atoms with Crippen LogP contribution in [0.15, 0.2) is 0 Å². The Labute approximate surface area is 90.2 Å². The maximum absolute atomic E-state index is 11.7. The van der Waals surface area contributed by atoms with Crippen LogP contribution in [0.25, 0.3) is 0 Å². The van der Waals surface area contributed by atoms with E-state index >= 15 is 0 Å². The van der Waals surface area contributed by atoms with E-state index in [4.69, 9.17) is 15.1 Å². The molecule has 0 aromatic rings. The van der Waals surface area contributed by atoms with Gasteiger partial charge in [-0.15, -0.1) is 0 Å². The van der Waals surface area contributed by atoms with E-state index in [1.807, 2.05) is 6.07 Å². The molecule has 0 bridgehead atoms. The first-order chi connectivity index (χ1) is 7.21. The Balaban J connectivity index is 4.33. The molecule has 86 valence electrons. The molecule has 5 heteroatoms. The van der Waals surface area contributed by atoms with E-state index in [-0.39, 0.29) is 19.1 Å². The summed E-state index contributed by atoms with van der Waals surface area (Å²) in [4.78, 5) is 13.2. The molecule has 0 saturated carbocycles. The van der Waals surface area contributed by atoms with Crippen LogP contribution in [-0.2, 0) is 9.53 Å². The molecule has 0 aliphatic carbocycles. The third-order valence-corrected chi connectivity index (χ3v) is 2.11. The molecule has 1 amide bonds. The lowest BCUT2D eigenvalue weighted by molar-refractivity contribution is -0.135. The van der Waals surface area contributed by atoms with Crippen molar-refractivity contribution < 1.29 is 14.6 Å². The zero-order valence-corrected chi connectivity index (χ0v) is 9.27. The minimum absolute atomic E-state index is 0.0999. The topological polar surface area (TPSA) is 73.6 Å². The molecule has 5 nitrogen and oxygen atoms in total. The zero-order chi connectivity index (χ0) is 11.7. The maximum atomic E-state index is 11.7.